The van der Waals surface area contributed by atoms with Crippen LogP contribution in [0.2, 0.25) is 5.02 Å². The first kappa shape index (κ1) is 14.8. The first-order chi connectivity index (χ1) is 9.49. The number of carboxylic acids is 1. The lowest BCUT2D eigenvalue weighted by Crippen LogP contribution is -2.17. The fourth-order valence-corrected chi connectivity index (χ4v) is 3.01. The Balaban J connectivity index is 2.25. The average Bonchev–Trinajstić information content (AvgIpc) is 2.90. The van der Waals surface area contributed by atoms with Gasteiger partial charge in [-0.15, -0.1) is 11.3 Å². The van der Waals surface area contributed by atoms with E-state index in [9.17, 15) is 4.79 Å². The molecule has 2 rings (SSSR count). The van der Waals surface area contributed by atoms with Crippen molar-refractivity contribution in [1.29, 1.82) is 0 Å². The largest absolute Gasteiger partial charge is 0.478 e. The molecule has 0 saturated carbocycles. The molecule has 0 aliphatic heterocycles. The third-order valence-corrected chi connectivity index (χ3v) is 4.14. The zero-order chi connectivity index (χ0) is 14.7. The second kappa shape index (κ2) is 6.24. The molecule has 0 saturated heterocycles. The Morgan fingerprint density at radius 3 is 2.75 bits per heavy atom. The van der Waals surface area contributed by atoms with Crippen molar-refractivity contribution in [2.45, 2.75) is 19.9 Å². The Hall–Kier alpha value is -1.59. The summed E-state index contributed by atoms with van der Waals surface area (Å²) >= 11 is 7.76. The molecule has 0 aromatic carbocycles. The summed E-state index contributed by atoms with van der Waals surface area (Å²) in [5, 5.41) is 14.5. The van der Waals surface area contributed by atoms with Crippen LogP contribution in [0.4, 0.5) is 5.82 Å². The van der Waals surface area contributed by atoms with Crippen LogP contribution in [0.25, 0.3) is 0 Å². The highest BCUT2D eigenvalue weighted by atomic mass is 35.5. The van der Waals surface area contributed by atoms with Gasteiger partial charge in [0.25, 0.3) is 0 Å². The zero-order valence-electron chi connectivity index (χ0n) is 11.1. The zero-order valence-corrected chi connectivity index (χ0v) is 12.7. The normalized spacial score (nSPS) is 12.4. The lowest BCUT2D eigenvalue weighted by molar-refractivity contribution is 0.0696. The topological polar surface area (TPSA) is 62.2 Å². The Morgan fingerprint density at radius 2 is 2.25 bits per heavy atom. The van der Waals surface area contributed by atoms with Gasteiger partial charge in [0.15, 0.2) is 0 Å². The molecule has 4 nitrogen and oxygen atoms in total. The van der Waals surface area contributed by atoms with E-state index in [1.807, 2.05) is 11.4 Å². The van der Waals surface area contributed by atoms with Gasteiger partial charge >= 0.3 is 5.97 Å². The highest BCUT2D eigenvalue weighted by molar-refractivity contribution is 7.10. The average molecular weight is 311 g/mol. The van der Waals surface area contributed by atoms with Crippen LogP contribution in [0.5, 0.6) is 0 Å². The number of thiophene rings is 1. The van der Waals surface area contributed by atoms with Crippen LogP contribution in [0.15, 0.2) is 29.8 Å². The molecule has 20 heavy (non-hydrogen) atoms. The Kier molecular flexibility index (Phi) is 4.62. The third-order valence-electron chi connectivity index (χ3n) is 2.90. The van der Waals surface area contributed by atoms with Crippen molar-refractivity contribution in [2.75, 3.05) is 5.32 Å². The maximum absolute atomic E-state index is 10.9. The molecular formula is C14H15ClN2O2S. The number of halogens is 1. The van der Waals surface area contributed by atoms with Crippen molar-refractivity contribution < 1.29 is 9.90 Å². The van der Waals surface area contributed by atoms with E-state index in [1.165, 1.54) is 17.1 Å². The van der Waals surface area contributed by atoms with Crippen LogP contribution in [-0.4, -0.2) is 16.1 Å². The second-order valence-corrected chi connectivity index (χ2v) is 6.13. The Bertz CT molecular complexity index is 599. The molecule has 6 heteroatoms. The van der Waals surface area contributed by atoms with E-state index in [0.29, 0.717) is 16.8 Å². The summed E-state index contributed by atoms with van der Waals surface area (Å²) < 4.78 is 0. The molecule has 1 unspecified atom stereocenters. The van der Waals surface area contributed by atoms with Gasteiger partial charge < -0.3 is 10.4 Å². The van der Waals surface area contributed by atoms with Crippen molar-refractivity contribution in [1.82, 2.24) is 4.98 Å². The molecule has 0 spiro atoms. The minimum absolute atomic E-state index is 0.0813. The number of nitrogens with one attached hydrogen (secondary N) is 1. The molecule has 0 amide bonds. The summed E-state index contributed by atoms with van der Waals surface area (Å²) in [6, 6.07) is 5.56. The molecule has 2 aromatic heterocycles. The quantitative estimate of drug-likeness (QED) is 0.864. The summed E-state index contributed by atoms with van der Waals surface area (Å²) in [6.07, 6.45) is 1.31. The number of carbonyl (C=O) groups is 1. The molecular weight excluding hydrogens is 296 g/mol. The maximum Gasteiger partial charge on any atom is 0.337 e. The minimum atomic E-state index is -1.04. The molecule has 0 aliphatic carbocycles. The van der Waals surface area contributed by atoms with E-state index < -0.39 is 5.97 Å². The van der Waals surface area contributed by atoms with Crippen molar-refractivity contribution >= 4 is 34.7 Å². The number of aromatic carboxylic acids is 1. The van der Waals surface area contributed by atoms with Gasteiger partial charge in [0.2, 0.25) is 0 Å². The van der Waals surface area contributed by atoms with Crippen molar-refractivity contribution in [3.8, 4) is 0 Å². The van der Waals surface area contributed by atoms with Crippen molar-refractivity contribution in [3.63, 3.8) is 0 Å². The monoisotopic (exact) mass is 310 g/mol. The van der Waals surface area contributed by atoms with Gasteiger partial charge in [-0.3, -0.25) is 0 Å². The molecule has 106 valence electrons. The number of rotatable bonds is 5. The Labute approximate surface area is 126 Å². The minimum Gasteiger partial charge on any atom is -0.478 e. The summed E-state index contributed by atoms with van der Waals surface area (Å²) in [5.41, 5.74) is 0.0813. The van der Waals surface area contributed by atoms with E-state index in [1.54, 1.807) is 11.3 Å². The summed E-state index contributed by atoms with van der Waals surface area (Å²) in [6.45, 7) is 4.22. The molecule has 0 fully saturated rings. The van der Waals surface area contributed by atoms with E-state index in [-0.39, 0.29) is 11.6 Å². The van der Waals surface area contributed by atoms with Gasteiger partial charge in [-0.1, -0.05) is 31.5 Å². The van der Waals surface area contributed by atoms with Gasteiger partial charge in [0.05, 0.1) is 16.6 Å². The molecule has 0 radical (unpaired) electrons. The lowest BCUT2D eigenvalue weighted by Gasteiger charge is -2.22. The van der Waals surface area contributed by atoms with Gasteiger partial charge in [-0.2, -0.15) is 0 Å². The highest BCUT2D eigenvalue weighted by Gasteiger charge is 2.19. The summed E-state index contributed by atoms with van der Waals surface area (Å²) in [7, 11) is 0. The smallest absolute Gasteiger partial charge is 0.337 e. The standard InChI is InChI=1S/C14H15ClN2O2S/c1-8(2)12(11-4-3-5-20-11)17-13-10(15)6-9(7-16-13)14(18)19/h3-8,12H,1-2H3,(H,16,17)(H,18,19). The predicted octanol–water partition coefficient (Wildman–Crippen LogP) is 4.30. The number of anilines is 1. The molecule has 1 atom stereocenters. The molecule has 2 aromatic rings. The first-order valence-electron chi connectivity index (χ1n) is 6.18. The maximum atomic E-state index is 10.9. The summed E-state index contributed by atoms with van der Waals surface area (Å²) in [5.74, 6) is -0.181. The number of aromatic nitrogens is 1. The van der Waals surface area contributed by atoms with E-state index in [2.05, 4.69) is 30.2 Å². The van der Waals surface area contributed by atoms with Crippen molar-refractivity contribution in [2.24, 2.45) is 5.92 Å². The van der Waals surface area contributed by atoms with Crippen LogP contribution in [-0.2, 0) is 0 Å². The van der Waals surface area contributed by atoms with E-state index in [0.717, 1.165) is 0 Å². The van der Waals surface area contributed by atoms with Crippen LogP contribution in [0.1, 0.15) is 35.1 Å². The molecule has 0 aliphatic rings. The molecule has 2 heterocycles. The lowest BCUT2D eigenvalue weighted by atomic mass is 10.0. The van der Waals surface area contributed by atoms with E-state index in [4.69, 9.17) is 16.7 Å². The van der Waals surface area contributed by atoms with Gasteiger partial charge in [-0.25, -0.2) is 9.78 Å². The SMILES string of the molecule is CC(C)C(Nc1ncc(C(=O)O)cc1Cl)c1cccs1. The third kappa shape index (κ3) is 3.29. The first-order valence-corrected chi connectivity index (χ1v) is 7.43. The van der Waals surface area contributed by atoms with Crippen LogP contribution >= 0.6 is 22.9 Å². The Morgan fingerprint density at radius 1 is 1.50 bits per heavy atom. The van der Waals surface area contributed by atoms with Crippen LogP contribution < -0.4 is 5.32 Å². The number of hydrogen-bond donors (Lipinski definition) is 2. The van der Waals surface area contributed by atoms with Gasteiger partial charge in [-0.05, 0) is 23.4 Å². The fraction of sp³-hybridized carbons (Fsp3) is 0.286. The number of nitrogens with zero attached hydrogens (tertiary/aromatic N) is 1. The molecule has 0 bridgehead atoms. The number of carboxylic acid groups (broad SMARTS) is 1. The van der Waals surface area contributed by atoms with Crippen molar-refractivity contribution in [3.05, 3.63) is 45.2 Å². The molecule has 2 N–H and O–H groups in total. The van der Waals surface area contributed by atoms with Gasteiger partial charge in [0, 0.05) is 11.1 Å². The van der Waals surface area contributed by atoms with E-state index >= 15 is 0 Å². The fourth-order valence-electron chi connectivity index (χ4n) is 1.84. The van der Waals surface area contributed by atoms with Crippen LogP contribution in [0, 0.1) is 5.92 Å². The highest BCUT2D eigenvalue weighted by Crippen LogP contribution is 2.31. The number of hydrogen-bond acceptors (Lipinski definition) is 4. The van der Waals surface area contributed by atoms with Gasteiger partial charge in [0.1, 0.15) is 5.82 Å². The number of pyridine rings is 1. The van der Waals surface area contributed by atoms with Crippen LogP contribution in [0.3, 0.4) is 0 Å². The predicted molar refractivity (Wildman–Crippen MR) is 81.7 cm³/mol. The summed E-state index contributed by atoms with van der Waals surface area (Å²) in [4.78, 5) is 16.2. The second-order valence-electron chi connectivity index (χ2n) is 4.74.